The average Bonchev–Trinajstić information content (AvgIpc) is 2.83. The van der Waals surface area contributed by atoms with Crippen molar-refractivity contribution >= 4 is 0 Å². The summed E-state index contributed by atoms with van der Waals surface area (Å²) in [5, 5.41) is 2.86. The Labute approximate surface area is 97.9 Å². The second kappa shape index (κ2) is 4.63. The first-order valence-corrected chi connectivity index (χ1v) is 5.26. The summed E-state index contributed by atoms with van der Waals surface area (Å²) in [6.45, 7) is 1.60. The van der Waals surface area contributed by atoms with Crippen LogP contribution in [0.15, 0.2) is 24.5 Å². The number of rotatable bonds is 3. The van der Waals surface area contributed by atoms with Gasteiger partial charge >= 0.3 is 0 Å². The summed E-state index contributed by atoms with van der Waals surface area (Å²) in [4.78, 5) is 6.88. The second-order valence-corrected chi connectivity index (χ2v) is 3.79. The normalized spacial score (nSPS) is 12.7. The smallest absolute Gasteiger partial charge is 0.134 e. The molecule has 0 radical (unpaired) electrons. The fraction of sp³-hybridized carbons (Fsp3) is 0.250. The number of aromatic nitrogens is 2. The molecule has 1 heterocycles. The van der Waals surface area contributed by atoms with Crippen molar-refractivity contribution in [2.45, 2.75) is 13.0 Å². The molecule has 1 unspecified atom stereocenters. The van der Waals surface area contributed by atoms with E-state index in [2.05, 4.69) is 15.3 Å². The molecule has 0 amide bonds. The molecule has 5 heteroatoms. The number of nitrogens with zero attached hydrogens (tertiary/aromatic N) is 1. The fourth-order valence-corrected chi connectivity index (χ4v) is 1.80. The standard InChI is InChI=1S/C12H13F2N3/c1-7-3-4-8(13)9(10(7)14)11(15-2)12-16-5-6-17-12/h3-6,11,15H,1-2H3,(H,16,17). The van der Waals surface area contributed by atoms with Crippen LogP contribution >= 0.6 is 0 Å². The molecule has 0 bridgehead atoms. The van der Waals surface area contributed by atoms with Gasteiger partial charge in [0.15, 0.2) is 0 Å². The van der Waals surface area contributed by atoms with E-state index in [0.29, 0.717) is 11.4 Å². The van der Waals surface area contributed by atoms with E-state index in [-0.39, 0.29) is 5.56 Å². The van der Waals surface area contributed by atoms with Crippen molar-refractivity contribution in [1.82, 2.24) is 15.3 Å². The number of imidazole rings is 1. The number of nitrogens with one attached hydrogen (secondary N) is 2. The van der Waals surface area contributed by atoms with E-state index >= 15 is 0 Å². The van der Waals surface area contributed by atoms with Gasteiger partial charge in [0, 0.05) is 18.0 Å². The maximum Gasteiger partial charge on any atom is 0.134 e. The minimum Gasteiger partial charge on any atom is -0.347 e. The molecule has 2 aromatic rings. The predicted octanol–water partition coefficient (Wildman–Crippen LogP) is 2.31. The van der Waals surface area contributed by atoms with Crippen LogP contribution < -0.4 is 5.32 Å². The third-order valence-electron chi connectivity index (χ3n) is 2.69. The van der Waals surface area contributed by atoms with Gasteiger partial charge in [0.2, 0.25) is 0 Å². The molecule has 1 aromatic carbocycles. The monoisotopic (exact) mass is 237 g/mol. The molecule has 1 aromatic heterocycles. The quantitative estimate of drug-likeness (QED) is 0.860. The van der Waals surface area contributed by atoms with Crippen LogP contribution in [0.3, 0.4) is 0 Å². The van der Waals surface area contributed by atoms with Gasteiger partial charge in [-0.3, -0.25) is 0 Å². The number of H-pyrrole nitrogens is 1. The van der Waals surface area contributed by atoms with Crippen molar-refractivity contribution in [1.29, 1.82) is 0 Å². The van der Waals surface area contributed by atoms with Crippen LogP contribution in [0, 0.1) is 18.6 Å². The zero-order valence-corrected chi connectivity index (χ0v) is 9.59. The highest BCUT2D eigenvalue weighted by Crippen LogP contribution is 2.26. The summed E-state index contributed by atoms with van der Waals surface area (Å²) >= 11 is 0. The maximum absolute atomic E-state index is 14.0. The Morgan fingerprint density at radius 1 is 1.35 bits per heavy atom. The van der Waals surface area contributed by atoms with E-state index in [9.17, 15) is 8.78 Å². The molecular formula is C12H13F2N3. The minimum absolute atomic E-state index is 0.0116. The van der Waals surface area contributed by atoms with Crippen molar-refractivity contribution in [2.75, 3.05) is 7.05 Å². The number of halogens is 2. The van der Waals surface area contributed by atoms with Crippen LogP contribution in [0.25, 0.3) is 0 Å². The van der Waals surface area contributed by atoms with Gasteiger partial charge in [-0.25, -0.2) is 13.8 Å². The maximum atomic E-state index is 14.0. The molecule has 0 spiro atoms. The third-order valence-corrected chi connectivity index (χ3v) is 2.69. The fourth-order valence-electron chi connectivity index (χ4n) is 1.80. The molecule has 2 rings (SSSR count). The molecule has 0 saturated carbocycles. The lowest BCUT2D eigenvalue weighted by Gasteiger charge is -2.16. The summed E-state index contributed by atoms with van der Waals surface area (Å²) in [6, 6.07) is 2.06. The largest absolute Gasteiger partial charge is 0.347 e. The molecule has 0 fully saturated rings. The van der Waals surface area contributed by atoms with Crippen LogP contribution in [0.1, 0.15) is 23.0 Å². The summed E-state index contributed by atoms with van der Waals surface area (Å²) < 4.78 is 27.7. The first-order valence-electron chi connectivity index (χ1n) is 5.26. The van der Waals surface area contributed by atoms with Gasteiger partial charge in [0.05, 0.1) is 6.04 Å². The van der Waals surface area contributed by atoms with E-state index in [1.54, 1.807) is 26.4 Å². The van der Waals surface area contributed by atoms with E-state index in [1.165, 1.54) is 12.1 Å². The minimum atomic E-state index is -0.620. The molecule has 1 atom stereocenters. The summed E-state index contributed by atoms with van der Waals surface area (Å²) in [6.07, 6.45) is 3.16. The number of aromatic amines is 1. The van der Waals surface area contributed by atoms with E-state index < -0.39 is 17.7 Å². The Morgan fingerprint density at radius 3 is 2.71 bits per heavy atom. The molecule has 0 saturated heterocycles. The average molecular weight is 237 g/mol. The van der Waals surface area contributed by atoms with Gasteiger partial charge in [0.1, 0.15) is 17.5 Å². The second-order valence-electron chi connectivity index (χ2n) is 3.79. The van der Waals surface area contributed by atoms with Crippen molar-refractivity contribution in [3.05, 3.63) is 53.1 Å². The van der Waals surface area contributed by atoms with Crippen LogP contribution in [-0.4, -0.2) is 17.0 Å². The molecule has 17 heavy (non-hydrogen) atoms. The Kier molecular flexibility index (Phi) is 3.19. The molecule has 3 nitrogen and oxygen atoms in total. The summed E-state index contributed by atoms with van der Waals surface area (Å²) in [5.74, 6) is -0.638. The molecule has 0 aliphatic heterocycles. The molecule has 90 valence electrons. The highest BCUT2D eigenvalue weighted by Gasteiger charge is 2.23. The Hall–Kier alpha value is -1.75. The van der Waals surface area contributed by atoms with Crippen molar-refractivity contribution in [2.24, 2.45) is 0 Å². The van der Waals surface area contributed by atoms with Crippen LogP contribution in [0.2, 0.25) is 0 Å². The van der Waals surface area contributed by atoms with Gasteiger partial charge in [-0.05, 0) is 25.6 Å². The lowest BCUT2D eigenvalue weighted by molar-refractivity contribution is 0.509. The van der Waals surface area contributed by atoms with Crippen molar-refractivity contribution < 1.29 is 8.78 Å². The van der Waals surface area contributed by atoms with E-state index in [4.69, 9.17) is 0 Å². The van der Waals surface area contributed by atoms with Gasteiger partial charge < -0.3 is 10.3 Å². The van der Waals surface area contributed by atoms with E-state index in [0.717, 1.165) is 0 Å². The Balaban J connectivity index is 2.55. The van der Waals surface area contributed by atoms with Gasteiger partial charge in [-0.2, -0.15) is 0 Å². The Morgan fingerprint density at radius 2 is 2.12 bits per heavy atom. The predicted molar refractivity (Wildman–Crippen MR) is 60.6 cm³/mol. The SMILES string of the molecule is CNC(c1ncc[nH]1)c1c(F)ccc(C)c1F. The third kappa shape index (κ3) is 2.06. The van der Waals surface area contributed by atoms with Crippen molar-refractivity contribution in [3.8, 4) is 0 Å². The van der Waals surface area contributed by atoms with Gasteiger partial charge in [-0.1, -0.05) is 6.07 Å². The first-order chi connectivity index (χ1) is 8.15. The number of hydrogen-bond acceptors (Lipinski definition) is 2. The number of hydrogen-bond donors (Lipinski definition) is 2. The molecule has 0 aliphatic carbocycles. The number of aryl methyl sites for hydroxylation is 1. The molecular weight excluding hydrogens is 224 g/mol. The first kappa shape index (κ1) is 11.7. The van der Waals surface area contributed by atoms with Gasteiger partial charge in [-0.15, -0.1) is 0 Å². The van der Waals surface area contributed by atoms with E-state index in [1.807, 2.05) is 0 Å². The highest BCUT2D eigenvalue weighted by molar-refractivity contribution is 5.32. The van der Waals surface area contributed by atoms with Crippen LogP contribution in [0.5, 0.6) is 0 Å². The zero-order chi connectivity index (χ0) is 12.4. The highest BCUT2D eigenvalue weighted by atomic mass is 19.1. The Bertz CT molecular complexity index is 509. The van der Waals surface area contributed by atoms with Crippen LogP contribution in [0.4, 0.5) is 8.78 Å². The lowest BCUT2D eigenvalue weighted by atomic mass is 10.0. The topological polar surface area (TPSA) is 40.7 Å². The van der Waals surface area contributed by atoms with Crippen molar-refractivity contribution in [3.63, 3.8) is 0 Å². The number of benzene rings is 1. The summed E-state index contributed by atoms with van der Waals surface area (Å²) in [7, 11) is 1.63. The summed E-state index contributed by atoms with van der Waals surface area (Å²) in [5.41, 5.74) is 0.399. The lowest BCUT2D eigenvalue weighted by Crippen LogP contribution is -2.22. The molecule has 2 N–H and O–H groups in total. The zero-order valence-electron chi connectivity index (χ0n) is 9.59. The van der Waals surface area contributed by atoms with Crippen LogP contribution in [-0.2, 0) is 0 Å². The molecule has 0 aliphatic rings. The van der Waals surface area contributed by atoms with Gasteiger partial charge in [0.25, 0.3) is 0 Å².